The maximum Gasteiger partial charge on any atom is 0.330 e. The van der Waals surface area contributed by atoms with Gasteiger partial charge >= 0.3 is 11.7 Å². The van der Waals surface area contributed by atoms with Crippen LogP contribution in [0.2, 0.25) is 0 Å². The van der Waals surface area contributed by atoms with Gasteiger partial charge in [-0.05, 0) is 27.2 Å². The van der Waals surface area contributed by atoms with Crippen molar-refractivity contribution in [3.63, 3.8) is 0 Å². The number of aryl methyl sites for hydroxylation is 2. The first-order valence-corrected chi connectivity index (χ1v) is 7.85. The molecule has 0 radical (unpaired) electrons. The van der Waals surface area contributed by atoms with Crippen LogP contribution in [0, 0.1) is 4.64 Å². The third-order valence-corrected chi connectivity index (χ3v) is 3.88. The number of carbonyl (C=O) groups is 1. The third-order valence-electron chi connectivity index (χ3n) is 3.42. The van der Waals surface area contributed by atoms with E-state index in [4.69, 9.17) is 17.0 Å². The summed E-state index contributed by atoms with van der Waals surface area (Å²) in [6.45, 7) is 6.12. The molecule has 0 saturated heterocycles. The van der Waals surface area contributed by atoms with E-state index in [9.17, 15) is 9.59 Å². The predicted octanol–water partition coefficient (Wildman–Crippen LogP) is 1.92. The van der Waals surface area contributed by atoms with Crippen molar-refractivity contribution in [1.29, 1.82) is 0 Å². The molecule has 0 fully saturated rings. The molecule has 0 N–H and O–H groups in total. The van der Waals surface area contributed by atoms with Crippen LogP contribution in [0.3, 0.4) is 0 Å². The molecule has 0 saturated carbocycles. The van der Waals surface area contributed by atoms with Crippen molar-refractivity contribution in [2.45, 2.75) is 45.8 Å². The maximum atomic E-state index is 12.0. The van der Waals surface area contributed by atoms with E-state index in [1.807, 2.05) is 25.3 Å². The highest BCUT2D eigenvalue weighted by Crippen LogP contribution is 2.14. The van der Waals surface area contributed by atoms with Crippen LogP contribution in [0.4, 0.5) is 0 Å². The Labute approximate surface area is 139 Å². The van der Waals surface area contributed by atoms with Crippen LogP contribution in [-0.4, -0.2) is 30.3 Å². The molecule has 2 rings (SSSR count). The molecule has 0 spiro atoms. The molecule has 0 unspecified atom stereocenters. The van der Waals surface area contributed by atoms with E-state index in [0.717, 1.165) is 5.52 Å². The van der Waals surface area contributed by atoms with Crippen molar-refractivity contribution >= 4 is 29.4 Å². The van der Waals surface area contributed by atoms with Crippen LogP contribution in [0.1, 0.15) is 33.6 Å². The molecular formula is C15H22N4O3S. The van der Waals surface area contributed by atoms with Crippen LogP contribution >= 0.6 is 12.2 Å². The van der Waals surface area contributed by atoms with E-state index < -0.39 is 5.60 Å². The number of imidazole rings is 1. The SMILES string of the molecule is Cn1c(=S)c2c(ncn2CCCC(=O)OC(C)(C)C)n(C)c1=O. The van der Waals surface area contributed by atoms with Crippen molar-refractivity contribution in [3.05, 3.63) is 21.5 Å². The zero-order valence-corrected chi connectivity index (χ0v) is 14.9. The molecule has 23 heavy (non-hydrogen) atoms. The van der Waals surface area contributed by atoms with Gasteiger partial charge < -0.3 is 9.30 Å². The Kier molecular flexibility index (Phi) is 4.74. The van der Waals surface area contributed by atoms with E-state index in [0.29, 0.717) is 29.7 Å². The van der Waals surface area contributed by atoms with E-state index in [2.05, 4.69) is 4.98 Å². The summed E-state index contributed by atoms with van der Waals surface area (Å²) in [6.07, 6.45) is 2.58. The van der Waals surface area contributed by atoms with Crippen LogP contribution in [-0.2, 0) is 30.2 Å². The molecule has 0 aliphatic rings. The molecule has 0 aliphatic carbocycles. The molecule has 0 amide bonds. The number of hydrogen-bond donors (Lipinski definition) is 0. The minimum Gasteiger partial charge on any atom is -0.460 e. The van der Waals surface area contributed by atoms with Crippen molar-refractivity contribution < 1.29 is 9.53 Å². The molecule has 0 atom stereocenters. The zero-order chi connectivity index (χ0) is 17.4. The summed E-state index contributed by atoms with van der Waals surface area (Å²) >= 11 is 5.35. The summed E-state index contributed by atoms with van der Waals surface area (Å²) < 4.78 is 10.5. The highest BCUT2D eigenvalue weighted by molar-refractivity contribution is 7.71. The molecule has 0 aliphatic heterocycles. The fourth-order valence-electron chi connectivity index (χ4n) is 2.35. The van der Waals surface area contributed by atoms with Gasteiger partial charge in [-0.2, -0.15) is 0 Å². The van der Waals surface area contributed by atoms with Gasteiger partial charge in [-0.3, -0.25) is 13.9 Å². The monoisotopic (exact) mass is 338 g/mol. The van der Waals surface area contributed by atoms with Gasteiger partial charge in [0.25, 0.3) is 0 Å². The van der Waals surface area contributed by atoms with Gasteiger partial charge in [-0.1, -0.05) is 12.2 Å². The van der Waals surface area contributed by atoms with E-state index >= 15 is 0 Å². The largest absolute Gasteiger partial charge is 0.460 e. The molecule has 7 nitrogen and oxygen atoms in total. The van der Waals surface area contributed by atoms with Crippen LogP contribution in [0.5, 0.6) is 0 Å². The molecule has 0 aromatic carbocycles. The number of hydrogen-bond acceptors (Lipinski definition) is 5. The molecule has 2 aromatic rings. The topological polar surface area (TPSA) is 71.0 Å². The summed E-state index contributed by atoms with van der Waals surface area (Å²) in [4.78, 5) is 28.0. The number of carbonyl (C=O) groups excluding carboxylic acids is 1. The molecule has 2 aromatic heterocycles. The normalized spacial score (nSPS) is 11.9. The van der Waals surface area contributed by atoms with Crippen LogP contribution < -0.4 is 5.69 Å². The van der Waals surface area contributed by atoms with Gasteiger partial charge in [-0.25, -0.2) is 9.78 Å². The maximum absolute atomic E-state index is 12.0. The Morgan fingerprint density at radius 1 is 1.30 bits per heavy atom. The Morgan fingerprint density at radius 3 is 2.57 bits per heavy atom. The minimum absolute atomic E-state index is 0.207. The van der Waals surface area contributed by atoms with E-state index in [1.54, 1.807) is 20.4 Å². The molecule has 0 bridgehead atoms. The molecule has 8 heteroatoms. The zero-order valence-electron chi connectivity index (χ0n) is 14.1. The first kappa shape index (κ1) is 17.4. The van der Waals surface area contributed by atoms with Crippen molar-refractivity contribution in [1.82, 2.24) is 18.7 Å². The van der Waals surface area contributed by atoms with E-state index in [-0.39, 0.29) is 11.7 Å². The second kappa shape index (κ2) is 6.27. The van der Waals surface area contributed by atoms with Gasteiger partial charge in [0.15, 0.2) is 5.65 Å². The second-order valence-electron chi connectivity index (χ2n) is 6.51. The number of nitrogens with zero attached hydrogens (tertiary/aromatic N) is 4. The molecule has 2 heterocycles. The fourth-order valence-corrected chi connectivity index (χ4v) is 2.64. The first-order chi connectivity index (χ1) is 10.6. The Balaban J connectivity index is 2.18. The highest BCUT2D eigenvalue weighted by Gasteiger charge is 2.16. The first-order valence-electron chi connectivity index (χ1n) is 7.44. The Hall–Kier alpha value is -1.96. The average Bonchev–Trinajstić information content (AvgIpc) is 2.85. The fraction of sp³-hybridized carbons (Fsp3) is 0.600. The molecule has 126 valence electrons. The smallest absolute Gasteiger partial charge is 0.330 e. The number of ether oxygens (including phenoxy) is 1. The lowest BCUT2D eigenvalue weighted by atomic mass is 10.2. The standard InChI is InChI=1S/C15H22N4O3S/c1-15(2,3)22-10(20)7-6-8-19-9-16-12-11(19)13(23)18(5)14(21)17(12)4/h9H,6-8H2,1-5H3. The van der Waals surface area contributed by atoms with Crippen molar-refractivity contribution in [2.24, 2.45) is 14.1 Å². The third kappa shape index (κ3) is 3.69. The van der Waals surface area contributed by atoms with Crippen molar-refractivity contribution in [2.75, 3.05) is 0 Å². The summed E-state index contributed by atoms with van der Waals surface area (Å²) in [5.74, 6) is -0.224. The average molecular weight is 338 g/mol. The quantitative estimate of drug-likeness (QED) is 0.629. The van der Waals surface area contributed by atoms with Crippen LogP contribution in [0.15, 0.2) is 11.1 Å². The summed E-state index contributed by atoms with van der Waals surface area (Å²) in [6, 6.07) is 0. The Morgan fingerprint density at radius 2 is 1.96 bits per heavy atom. The van der Waals surface area contributed by atoms with Gasteiger partial charge in [0.1, 0.15) is 15.8 Å². The van der Waals surface area contributed by atoms with E-state index in [1.165, 1.54) is 9.13 Å². The van der Waals surface area contributed by atoms with Crippen molar-refractivity contribution in [3.8, 4) is 0 Å². The van der Waals surface area contributed by atoms with Gasteiger partial charge in [0.2, 0.25) is 0 Å². The summed E-state index contributed by atoms with van der Waals surface area (Å²) in [5.41, 5.74) is 0.601. The lowest BCUT2D eigenvalue weighted by Gasteiger charge is -2.19. The number of esters is 1. The number of rotatable bonds is 4. The Bertz CT molecular complexity index is 854. The predicted molar refractivity (Wildman–Crippen MR) is 89.9 cm³/mol. The van der Waals surface area contributed by atoms with Crippen LogP contribution in [0.25, 0.3) is 11.2 Å². The van der Waals surface area contributed by atoms with Gasteiger partial charge in [0.05, 0.1) is 6.33 Å². The highest BCUT2D eigenvalue weighted by atomic mass is 32.1. The summed E-state index contributed by atoms with van der Waals surface area (Å²) in [7, 11) is 3.31. The number of aromatic nitrogens is 4. The molecular weight excluding hydrogens is 316 g/mol. The second-order valence-corrected chi connectivity index (χ2v) is 6.89. The lowest BCUT2D eigenvalue weighted by molar-refractivity contribution is -0.154. The number of fused-ring (bicyclic) bond motifs is 1. The minimum atomic E-state index is -0.474. The summed E-state index contributed by atoms with van der Waals surface area (Å²) in [5, 5.41) is 0. The van der Waals surface area contributed by atoms with Gasteiger partial charge in [-0.15, -0.1) is 0 Å². The lowest BCUT2D eigenvalue weighted by Crippen LogP contribution is -2.28. The van der Waals surface area contributed by atoms with Gasteiger partial charge in [0, 0.05) is 27.1 Å².